The Morgan fingerprint density at radius 1 is 1.86 bits per heavy atom. The Bertz CT molecular complexity index is 64.0. The molecule has 44 valence electrons. The Balaban J connectivity index is 2.82. The van der Waals surface area contributed by atoms with E-state index < -0.39 is 11.4 Å². The van der Waals surface area contributed by atoms with Gasteiger partial charge < -0.3 is 4.55 Å². The predicted molar refractivity (Wildman–Crippen MR) is 28.7 cm³/mol. The molecule has 0 saturated heterocycles. The lowest BCUT2D eigenvalue weighted by Crippen LogP contribution is -1.97. The first-order chi connectivity index (χ1) is 3.27. The first-order valence-electron chi connectivity index (χ1n) is 1.60. The van der Waals surface area contributed by atoms with Crippen molar-refractivity contribution >= 4 is 24.0 Å². The van der Waals surface area contributed by atoms with Crippen molar-refractivity contribution < 1.29 is 12.9 Å². The summed E-state index contributed by atoms with van der Waals surface area (Å²) in [5.74, 6) is 0.425. The van der Waals surface area contributed by atoms with Crippen LogP contribution < -0.4 is 0 Å². The molecule has 0 aliphatic rings. The molecule has 7 heavy (non-hydrogen) atoms. The fraction of sp³-hybridized carbons (Fsp3) is 1.00. The van der Waals surface area contributed by atoms with E-state index in [9.17, 15) is 8.76 Å². The van der Waals surface area contributed by atoms with Crippen molar-refractivity contribution in [3.8, 4) is 0 Å². The van der Waals surface area contributed by atoms with E-state index >= 15 is 0 Å². The van der Waals surface area contributed by atoms with Crippen molar-refractivity contribution in [2.75, 3.05) is 12.4 Å². The first-order valence-corrected chi connectivity index (χ1v) is 3.24. The van der Waals surface area contributed by atoms with Crippen LogP contribution in [-0.2, 0) is 15.5 Å². The summed E-state index contributed by atoms with van der Waals surface area (Å²) in [6.45, 7) is 0.152. The van der Waals surface area contributed by atoms with Crippen LogP contribution in [0.2, 0.25) is 0 Å². The van der Waals surface area contributed by atoms with Crippen LogP contribution in [0.3, 0.4) is 0 Å². The highest BCUT2D eigenvalue weighted by Crippen LogP contribution is 1.79. The zero-order chi connectivity index (χ0) is 5.70. The Morgan fingerprint density at radius 3 is 2.57 bits per heavy atom. The Labute approximate surface area is 50.0 Å². The Hall–Kier alpha value is 0.420. The molecule has 3 nitrogen and oxygen atoms in total. The molecular formula is C2H5O3S2-. The maximum Gasteiger partial charge on any atom is 0.0842 e. The number of hydrogen-bond donors (Lipinski definition) is 1. The lowest BCUT2D eigenvalue weighted by Gasteiger charge is -2.00. The molecule has 0 bridgehead atoms. The summed E-state index contributed by atoms with van der Waals surface area (Å²) < 4.78 is 23.0. The average molecular weight is 141 g/mol. The molecule has 0 rings (SSSR count). The van der Waals surface area contributed by atoms with Crippen LogP contribution in [0.25, 0.3) is 0 Å². The van der Waals surface area contributed by atoms with Crippen molar-refractivity contribution in [3.05, 3.63) is 0 Å². The zero-order valence-corrected chi connectivity index (χ0v) is 5.21. The van der Waals surface area contributed by atoms with Crippen LogP contribution >= 0.6 is 12.6 Å². The molecule has 5 heteroatoms. The topological polar surface area (TPSA) is 49.4 Å². The zero-order valence-electron chi connectivity index (χ0n) is 3.49. The van der Waals surface area contributed by atoms with Crippen LogP contribution in [0.15, 0.2) is 0 Å². The molecule has 1 atom stereocenters. The van der Waals surface area contributed by atoms with Gasteiger partial charge in [0.15, 0.2) is 0 Å². The molecule has 0 spiro atoms. The number of thiol groups is 1. The molecule has 0 N–H and O–H groups in total. The van der Waals surface area contributed by atoms with Gasteiger partial charge in [0.25, 0.3) is 0 Å². The molecule has 1 unspecified atom stereocenters. The van der Waals surface area contributed by atoms with Gasteiger partial charge in [0.2, 0.25) is 0 Å². The smallest absolute Gasteiger partial charge is 0.0842 e. The van der Waals surface area contributed by atoms with Crippen LogP contribution in [0.4, 0.5) is 0 Å². The summed E-state index contributed by atoms with van der Waals surface area (Å²) in [6.07, 6.45) is 0. The van der Waals surface area contributed by atoms with E-state index in [1.807, 2.05) is 0 Å². The van der Waals surface area contributed by atoms with Gasteiger partial charge in [-0.2, -0.15) is 12.6 Å². The van der Waals surface area contributed by atoms with Crippen LogP contribution in [0, 0.1) is 0 Å². The van der Waals surface area contributed by atoms with E-state index in [2.05, 4.69) is 16.8 Å². The maximum absolute atomic E-state index is 9.50. The van der Waals surface area contributed by atoms with Crippen molar-refractivity contribution in [3.63, 3.8) is 0 Å². The third-order valence-electron chi connectivity index (χ3n) is 0.271. The number of hydrogen-bond acceptors (Lipinski definition) is 4. The molecule has 0 aromatic rings. The van der Waals surface area contributed by atoms with Gasteiger partial charge in [-0.25, -0.2) is 4.21 Å². The van der Waals surface area contributed by atoms with Gasteiger partial charge >= 0.3 is 0 Å². The Morgan fingerprint density at radius 2 is 2.43 bits per heavy atom. The summed E-state index contributed by atoms with van der Waals surface area (Å²) in [4.78, 5) is 0. The van der Waals surface area contributed by atoms with Crippen molar-refractivity contribution in [2.24, 2.45) is 0 Å². The summed E-state index contributed by atoms with van der Waals surface area (Å²) in [5, 5.41) is 0. The van der Waals surface area contributed by atoms with Gasteiger partial charge in [-0.1, -0.05) is 0 Å². The van der Waals surface area contributed by atoms with E-state index in [0.29, 0.717) is 5.75 Å². The SMILES string of the molecule is O=S([O-])OCCS. The quantitative estimate of drug-likeness (QED) is 0.434. The molecule has 0 amide bonds. The maximum atomic E-state index is 9.50. The minimum Gasteiger partial charge on any atom is -0.750 e. The highest BCUT2D eigenvalue weighted by Gasteiger charge is 1.78. The second-order valence-electron chi connectivity index (χ2n) is 0.750. The minimum atomic E-state index is -2.36. The standard InChI is InChI=1S/C2H6O3S2/c3-7(4)5-1-2-6/h6H,1-2H2,(H,3,4)/p-1. The van der Waals surface area contributed by atoms with Crippen molar-refractivity contribution in [1.29, 1.82) is 0 Å². The molecule has 0 radical (unpaired) electrons. The third-order valence-corrected chi connectivity index (χ3v) is 0.813. The average Bonchev–Trinajstić information content (AvgIpc) is 1.61. The second kappa shape index (κ2) is 4.58. The van der Waals surface area contributed by atoms with E-state index in [1.54, 1.807) is 0 Å². The first kappa shape index (κ1) is 7.42. The summed E-state index contributed by atoms with van der Waals surface area (Å²) in [6, 6.07) is 0. The summed E-state index contributed by atoms with van der Waals surface area (Å²) >= 11 is 1.33. The molecule has 0 aliphatic carbocycles. The fourth-order valence-electron chi connectivity index (χ4n) is 0.105. The van der Waals surface area contributed by atoms with Crippen LogP contribution in [0.1, 0.15) is 0 Å². The Kier molecular flexibility index (Phi) is 4.85. The van der Waals surface area contributed by atoms with Crippen LogP contribution in [0.5, 0.6) is 0 Å². The molecule has 0 aromatic carbocycles. The van der Waals surface area contributed by atoms with Gasteiger partial charge in [-0.05, 0) is 0 Å². The van der Waals surface area contributed by atoms with Crippen LogP contribution in [-0.4, -0.2) is 21.1 Å². The molecule has 0 heterocycles. The highest BCUT2D eigenvalue weighted by atomic mass is 32.2. The fourth-order valence-corrected chi connectivity index (χ4v) is 0.540. The van der Waals surface area contributed by atoms with Gasteiger partial charge in [0, 0.05) is 5.75 Å². The predicted octanol–water partition coefficient (Wildman–Crippen LogP) is -0.273. The lowest BCUT2D eigenvalue weighted by atomic mass is 10.9. The molecule has 0 aromatic heterocycles. The van der Waals surface area contributed by atoms with E-state index in [-0.39, 0.29) is 6.61 Å². The van der Waals surface area contributed by atoms with Gasteiger partial charge in [0.1, 0.15) is 0 Å². The van der Waals surface area contributed by atoms with E-state index in [4.69, 9.17) is 0 Å². The second-order valence-corrected chi connectivity index (χ2v) is 1.84. The molecule has 0 aliphatic heterocycles. The third kappa shape index (κ3) is 6.42. The highest BCUT2D eigenvalue weighted by molar-refractivity contribution is 7.80. The van der Waals surface area contributed by atoms with E-state index in [0.717, 1.165) is 0 Å². The van der Waals surface area contributed by atoms with Crippen molar-refractivity contribution in [1.82, 2.24) is 0 Å². The monoisotopic (exact) mass is 141 g/mol. The lowest BCUT2D eigenvalue weighted by molar-refractivity contribution is 0.321. The van der Waals surface area contributed by atoms with Crippen molar-refractivity contribution in [2.45, 2.75) is 0 Å². The number of rotatable bonds is 3. The normalized spacial score (nSPS) is 14.0. The molecule has 0 fully saturated rings. The van der Waals surface area contributed by atoms with E-state index in [1.165, 1.54) is 0 Å². The largest absolute Gasteiger partial charge is 0.750 e. The summed E-state index contributed by atoms with van der Waals surface area (Å²) in [7, 11) is 0. The minimum absolute atomic E-state index is 0.152. The molecular weight excluding hydrogens is 136 g/mol. The van der Waals surface area contributed by atoms with Gasteiger partial charge in [0.05, 0.1) is 18.0 Å². The molecule has 0 saturated carbocycles. The summed E-state index contributed by atoms with van der Waals surface area (Å²) in [5.41, 5.74) is 0. The van der Waals surface area contributed by atoms with Gasteiger partial charge in [-0.15, -0.1) is 0 Å². The van der Waals surface area contributed by atoms with Gasteiger partial charge in [-0.3, -0.25) is 4.18 Å².